The second-order valence-electron chi connectivity index (χ2n) is 7.88. The maximum absolute atomic E-state index is 12.4. The van der Waals surface area contributed by atoms with Crippen LogP contribution in [0.1, 0.15) is 20.8 Å². The number of hydrogen-bond donors (Lipinski definition) is 0. The van der Waals surface area contributed by atoms with Crippen LogP contribution in [0.25, 0.3) is 0 Å². The molecule has 0 atom stereocenters. The van der Waals surface area contributed by atoms with Crippen molar-refractivity contribution in [3.63, 3.8) is 0 Å². The van der Waals surface area contributed by atoms with Gasteiger partial charge >= 0.3 is 195 Å². The number of hydrogen-bond acceptors (Lipinski definition) is 2. The molecule has 0 N–H and O–H groups in total. The summed E-state index contributed by atoms with van der Waals surface area (Å²) >= 11 is -3.26. The minimum atomic E-state index is -3.26. The van der Waals surface area contributed by atoms with E-state index in [0.717, 1.165) is 0 Å². The van der Waals surface area contributed by atoms with Crippen LogP contribution in [0.2, 0.25) is 0 Å². The third kappa shape index (κ3) is 5.24. The van der Waals surface area contributed by atoms with Crippen molar-refractivity contribution in [3.05, 3.63) is 109 Å². The maximum Gasteiger partial charge on any atom is 2.00 e. The van der Waals surface area contributed by atoms with E-state index >= 15 is 0 Å². The van der Waals surface area contributed by atoms with Crippen LogP contribution >= 0.6 is 0 Å². The number of cyclic esters (lactones) is 1. The molecule has 3 aromatic carbocycles. The molecule has 0 aromatic heterocycles. The first-order valence-corrected chi connectivity index (χ1v) is 14.8. The second kappa shape index (κ2) is 11.6. The van der Waals surface area contributed by atoms with E-state index in [1.54, 1.807) is 11.8 Å². The van der Waals surface area contributed by atoms with Gasteiger partial charge in [0.2, 0.25) is 0 Å². The van der Waals surface area contributed by atoms with E-state index in [0.29, 0.717) is 6.61 Å². The molecule has 3 aromatic rings. The molecule has 0 saturated carbocycles. The average molecular weight is 538 g/mol. The normalized spacial score (nSPS) is 14.9. The number of amides is 1. The largest absolute Gasteiger partial charge is 2.00 e. The van der Waals surface area contributed by atoms with Crippen molar-refractivity contribution >= 4 is 32.5 Å². The molecule has 0 spiro atoms. The first kappa shape index (κ1) is 26.1. The van der Waals surface area contributed by atoms with Crippen LogP contribution in [-0.2, 0) is 24.2 Å². The van der Waals surface area contributed by atoms with Gasteiger partial charge in [0, 0.05) is 0 Å². The number of benzene rings is 3. The van der Waals surface area contributed by atoms with Gasteiger partial charge in [0.25, 0.3) is 0 Å². The number of ether oxygens (including phenoxy) is 1. The van der Waals surface area contributed by atoms with Crippen molar-refractivity contribution in [2.24, 2.45) is 0 Å². The third-order valence-electron chi connectivity index (χ3n) is 5.43. The predicted molar refractivity (Wildman–Crippen MR) is 130 cm³/mol. The Hall–Kier alpha value is -2.16. The standard InChI is InChI=1S/C25H24GeNO2.C2H5.Zn/c1-25(2)20-29-24(28)27(25)19-18-26(21-12-6-3-7-13-21,22-14-8-4-9-15-22)23-16-10-5-11-17-23;1-2;/h3-18H,20H2,1-2H3;1H2,2H3;/q2*-1;+2. The van der Waals surface area contributed by atoms with Gasteiger partial charge in [-0.15, -0.1) is 0 Å². The smallest absolute Gasteiger partial charge is 0.346 e. The fraction of sp³-hybridized carbons (Fsp3) is 0.185. The molecule has 1 heterocycles. The molecule has 4 rings (SSSR count). The van der Waals surface area contributed by atoms with Gasteiger partial charge in [0.15, 0.2) is 0 Å². The summed E-state index contributed by atoms with van der Waals surface area (Å²) in [4.78, 5) is 16.2. The first-order valence-electron chi connectivity index (χ1n) is 10.5. The van der Waals surface area contributed by atoms with Gasteiger partial charge in [-0.1, -0.05) is 0 Å². The Labute approximate surface area is 207 Å². The molecule has 32 heavy (non-hydrogen) atoms. The molecule has 1 fully saturated rings. The van der Waals surface area contributed by atoms with Crippen LogP contribution in [0.4, 0.5) is 4.79 Å². The summed E-state index contributed by atoms with van der Waals surface area (Å²) in [6, 6.07) is 31.8. The number of carbonyl (C=O) groups excluding carboxylic acids is 1. The third-order valence-corrected chi connectivity index (χ3v) is 14.4. The fourth-order valence-electron chi connectivity index (χ4n) is 3.86. The zero-order chi connectivity index (χ0) is 22.3. The molecule has 160 valence electrons. The molecule has 3 nitrogen and oxygen atoms in total. The minimum absolute atomic E-state index is 0. The summed E-state index contributed by atoms with van der Waals surface area (Å²) < 4.78 is 9.17. The average Bonchev–Trinajstić information content (AvgIpc) is 3.09. The zero-order valence-corrected chi connectivity index (χ0v) is 24.2. The number of carbonyl (C=O) groups is 1. The van der Waals surface area contributed by atoms with Gasteiger partial charge in [0.1, 0.15) is 0 Å². The van der Waals surface area contributed by atoms with Crippen molar-refractivity contribution in [1.29, 1.82) is 0 Å². The molecule has 1 amide bonds. The molecule has 0 unspecified atom stereocenters. The van der Waals surface area contributed by atoms with Crippen LogP contribution < -0.4 is 13.2 Å². The summed E-state index contributed by atoms with van der Waals surface area (Å²) in [5.74, 6) is 0. The molecular weight excluding hydrogens is 508 g/mol. The Morgan fingerprint density at radius 2 is 1.22 bits per heavy atom. The van der Waals surface area contributed by atoms with E-state index in [2.05, 4.69) is 90.8 Å². The van der Waals surface area contributed by atoms with Crippen LogP contribution in [0, 0.1) is 13.1 Å². The number of nitrogens with zero attached hydrogens (tertiary/aromatic N) is 1. The Bertz CT molecular complexity index is 911. The summed E-state index contributed by atoms with van der Waals surface area (Å²) in [6.45, 7) is 9.37. The Morgan fingerprint density at radius 1 is 0.844 bits per heavy atom. The minimum Gasteiger partial charge on any atom is -0.346 e. The topological polar surface area (TPSA) is 29.5 Å². The van der Waals surface area contributed by atoms with E-state index in [1.165, 1.54) is 13.2 Å². The van der Waals surface area contributed by atoms with Crippen molar-refractivity contribution in [3.8, 4) is 0 Å². The van der Waals surface area contributed by atoms with Crippen LogP contribution in [0.5, 0.6) is 0 Å². The van der Waals surface area contributed by atoms with Gasteiger partial charge in [-0.25, -0.2) is 0 Å². The summed E-state index contributed by atoms with van der Waals surface area (Å²) in [5, 5.41) is 0. The van der Waals surface area contributed by atoms with E-state index in [-0.39, 0.29) is 25.6 Å². The van der Waals surface area contributed by atoms with Gasteiger partial charge in [-0.05, 0) is 0 Å². The Morgan fingerprint density at radius 3 is 1.53 bits per heavy atom. The summed E-state index contributed by atoms with van der Waals surface area (Å²) in [5.41, 5.74) is -0.411. The quantitative estimate of drug-likeness (QED) is 0.363. The fourth-order valence-corrected chi connectivity index (χ4v) is 12.2. The first-order chi connectivity index (χ1) is 15.0. The second-order valence-corrected chi connectivity index (χ2v) is 15.5. The number of rotatable bonds is 5. The predicted octanol–water partition coefficient (Wildman–Crippen LogP) is 4.08. The van der Waals surface area contributed by atoms with E-state index in [1.807, 2.05) is 32.0 Å². The Kier molecular flexibility index (Phi) is 9.48. The van der Waals surface area contributed by atoms with Gasteiger partial charge < -0.3 is 6.92 Å². The summed E-state index contributed by atoms with van der Waals surface area (Å²) in [6.07, 6.45) is 3.04. The van der Waals surface area contributed by atoms with Gasteiger partial charge in [0.05, 0.1) is 0 Å². The molecule has 5 heteroatoms. The molecular formula is C27H29GeNO2Zn. The molecule has 0 radical (unpaired) electrons. The molecule has 0 aliphatic carbocycles. The van der Waals surface area contributed by atoms with Crippen molar-refractivity contribution in [1.82, 2.24) is 4.90 Å². The summed E-state index contributed by atoms with van der Waals surface area (Å²) in [7, 11) is 0. The van der Waals surface area contributed by atoms with Gasteiger partial charge in [-0.2, -0.15) is 6.92 Å². The zero-order valence-electron chi connectivity index (χ0n) is 19.1. The van der Waals surface area contributed by atoms with Crippen molar-refractivity contribution < 1.29 is 29.0 Å². The van der Waals surface area contributed by atoms with Crippen LogP contribution in [-0.4, -0.2) is 36.4 Å². The van der Waals surface area contributed by atoms with Crippen LogP contribution in [0.15, 0.2) is 95.9 Å². The molecule has 1 aliphatic rings. The van der Waals surface area contributed by atoms with E-state index in [4.69, 9.17) is 4.74 Å². The van der Waals surface area contributed by atoms with Gasteiger partial charge in [-0.3, -0.25) is 0 Å². The van der Waals surface area contributed by atoms with E-state index < -0.39 is 18.8 Å². The maximum atomic E-state index is 12.4. The monoisotopic (exact) mass is 537 g/mol. The van der Waals surface area contributed by atoms with Crippen molar-refractivity contribution in [2.75, 3.05) is 6.61 Å². The van der Waals surface area contributed by atoms with Crippen molar-refractivity contribution in [2.45, 2.75) is 26.3 Å². The van der Waals surface area contributed by atoms with E-state index in [9.17, 15) is 4.79 Å². The molecule has 1 aliphatic heterocycles. The molecule has 0 bridgehead atoms. The SMILES string of the molecule is CC1(C)COC(=O)N1[C-]=[CH][Ge]([c]1ccccc1)([c]1ccccc1)[c]1ccccc1.[CH2-]C.[Zn+2]. The van der Waals surface area contributed by atoms with Crippen LogP contribution in [0.3, 0.4) is 0 Å². The molecule has 1 saturated heterocycles. The Balaban J connectivity index is 0.00000118.